The maximum Gasteiger partial charge on any atom is 0.177 e. The summed E-state index contributed by atoms with van der Waals surface area (Å²) in [4.78, 5) is 9.69. The number of furan rings is 2. The Kier molecular flexibility index (Phi) is 11.8. The molecular formula is C59H48IrN4O2-2. The first kappa shape index (κ1) is 44.1. The van der Waals surface area contributed by atoms with Crippen molar-refractivity contribution in [1.82, 2.24) is 14.5 Å². The molecule has 66 heavy (non-hydrogen) atoms. The van der Waals surface area contributed by atoms with Crippen LogP contribution in [-0.4, -0.2) is 14.5 Å². The van der Waals surface area contributed by atoms with E-state index in [0.717, 1.165) is 60.9 Å². The molecule has 0 unspecified atom stereocenters. The minimum absolute atomic E-state index is 0. The number of hydrogen-bond donors (Lipinski definition) is 0. The number of para-hydroxylation sites is 2. The molecule has 0 spiro atoms. The van der Waals surface area contributed by atoms with Gasteiger partial charge in [0.15, 0.2) is 11.2 Å². The van der Waals surface area contributed by atoms with Crippen molar-refractivity contribution in [2.75, 3.05) is 0 Å². The second-order valence-corrected chi connectivity index (χ2v) is 18.3. The molecule has 0 bridgehead atoms. The molecule has 6 nitrogen and oxygen atoms in total. The predicted octanol–water partition coefficient (Wildman–Crippen LogP) is 15.9. The fourth-order valence-electron chi connectivity index (χ4n) is 8.90. The van der Waals surface area contributed by atoms with Gasteiger partial charge in [0.05, 0.1) is 34.1 Å². The molecule has 1 radical (unpaired) electrons. The zero-order chi connectivity index (χ0) is 45.0. The Bertz CT molecular complexity index is 3570. The maximum atomic E-state index is 9.47. The zero-order valence-corrected chi connectivity index (χ0v) is 40.4. The molecular weight excluding hydrogens is 989 g/mol. The number of fused-ring (bicyclic) bond motifs is 8. The van der Waals surface area contributed by atoms with Crippen LogP contribution in [0.15, 0.2) is 161 Å². The summed E-state index contributed by atoms with van der Waals surface area (Å²) in [6.45, 7) is 15.7. The number of aromatic nitrogens is 3. The van der Waals surface area contributed by atoms with E-state index in [1.165, 1.54) is 27.8 Å². The van der Waals surface area contributed by atoms with Gasteiger partial charge >= 0.3 is 0 Å². The average Bonchev–Trinajstić information content (AvgIpc) is 4.03. The van der Waals surface area contributed by atoms with Crippen LogP contribution in [0.1, 0.15) is 82.6 Å². The fourth-order valence-corrected chi connectivity index (χ4v) is 8.90. The summed E-state index contributed by atoms with van der Waals surface area (Å²) in [5.74, 6) is 1.28. The van der Waals surface area contributed by atoms with Gasteiger partial charge in [0.2, 0.25) is 0 Å². The minimum Gasteiger partial charge on any atom is -0.497 e. The molecule has 4 heterocycles. The van der Waals surface area contributed by atoms with Crippen molar-refractivity contribution in [3.8, 4) is 45.5 Å². The molecule has 0 saturated heterocycles. The van der Waals surface area contributed by atoms with Gasteiger partial charge in [0.25, 0.3) is 0 Å². The van der Waals surface area contributed by atoms with Crippen LogP contribution in [-0.2, 0) is 25.5 Å². The molecule has 0 fully saturated rings. The van der Waals surface area contributed by atoms with Crippen LogP contribution in [0, 0.1) is 23.5 Å². The van der Waals surface area contributed by atoms with Crippen LogP contribution in [0.5, 0.6) is 0 Å². The summed E-state index contributed by atoms with van der Waals surface area (Å²) in [5.41, 5.74) is 15.6. The molecule has 11 rings (SSSR count). The Hall–Kier alpha value is -7.10. The number of nitriles is 1. The van der Waals surface area contributed by atoms with Gasteiger partial charge in [0, 0.05) is 48.1 Å². The Labute approximate surface area is 398 Å². The standard InChI is InChI=1S/C44H32N3O2.C15H16N.Ir/c1-25(2)35-22-29(28-11-6-5-7-12-28)23-36(26(3)4)40(35)47-38-16-9-8-15-37(38)46-44(47)34-14-10-13-31-33-20-19-32-30-18-17-27(24-45)21-39(30)48-42(32)43(33)49-41(31)34;1-15(2,3)13-9-10-16-14(11-13)12-7-5-4-6-8-12;/h5-13,15-23,25-26H,1-4H3;4-7,9-11H,1-3H3;/q2*-1;. The predicted molar refractivity (Wildman–Crippen MR) is 265 cm³/mol. The zero-order valence-electron chi connectivity index (χ0n) is 38.0. The smallest absolute Gasteiger partial charge is 0.177 e. The van der Waals surface area contributed by atoms with Gasteiger partial charge in [-0.25, -0.2) is 0 Å². The van der Waals surface area contributed by atoms with Gasteiger partial charge in [0.1, 0.15) is 5.58 Å². The Morgan fingerprint density at radius 2 is 1.30 bits per heavy atom. The van der Waals surface area contributed by atoms with Crippen LogP contribution in [0.25, 0.3) is 94.4 Å². The first-order chi connectivity index (χ1) is 31.5. The van der Waals surface area contributed by atoms with Crippen molar-refractivity contribution in [3.05, 3.63) is 186 Å². The molecule has 327 valence electrons. The van der Waals surface area contributed by atoms with E-state index in [0.29, 0.717) is 27.9 Å². The largest absolute Gasteiger partial charge is 0.497 e. The Morgan fingerprint density at radius 3 is 2.00 bits per heavy atom. The number of hydrogen-bond acceptors (Lipinski definition) is 5. The van der Waals surface area contributed by atoms with Crippen molar-refractivity contribution in [3.63, 3.8) is 0 Å². The first-order valence-electron chi connectivity index (χ1n) is 22.3. The van der Waals surface area contributed by atoms with Crippen LogP contribution >= 0.6 is 0 Å². The second-order valence-electron chi connectivity index (χ2n) is 18.3. The van der Waals surface area contributed by atoms with Gasteiger partial charge in [-0.1, -0.05) is 114 Å². The molecule has 0 aliphatic heterocycles. The van der Waals surface area contributed by atoms with E-state index in [1.54, 1.807) is 6.07 Å². The summed E-state index contributed by atoms with van der Waals surface area (Å²) in [6, 6.07) is 58.5. The minimum atomic E-state index is 0. The maximum absolute atomic E-state index is 9.47. The third-order valence-electron chi connectivity index (χ3n) is 12.3. The quantitative estimate of drug-likeness (QED) is 0.155. The van der Waals surface area contributed by atoms with Crippen LogP contribution in [0.4, 0.5) is 0 Å². The third-order valence-corrected chi connectivity index (χ3v) is 12.3. The van der Waals surface area contributed by atoms with Crippen molar-refractivity contribution in [1.29, 1.82) is 5.26 Å². The third kappa shape index (κ3) is 7.91. The number of nitrogens with zero attached hydrogens (tertiary/aromatic N) is 4. The van der Waals surface area contributed by atoms with Crippen molar-refractivity contribution >= 4 is 54.9 Å². The van der Waals surface area contributed by atoms with Crippen molar-refractivity contribution in [2.24, 2.45) is 0 Å². The molecule has 4 aromatic heterocycles. The molecule has 0 N–H and O–H groups in total. The first-order valence-corrected chi connectivity index (χ1v) is 22.3. The van der Waals surface area contributed by atoms with Crippen LogP contribution in [0.3, 0.4) is 0 Å². The van der Waals surface area contributed by atoms with E-state index >= 15 is 0 Å². The number of imidazole rings is 1. The molecule has 0 aliphatic rings. The van der Waals surface area contributed by atoms with Crippen molar-refractivity contribution < 1.29 is 28.9 Å². The molecule has 7 aromatic carbocycles. The molecule has 0 atom stereocenters. The molecule has 0 saturated carbocycles. The van der Waals surface area contributed by atoms with E-state index in [-0.39, 0.29) is 37.4 Å². The number of pyridine rings is 1. The van der Waals surface area contributed by atoms with E-state index < -0.39 is 0 Å². The van der Waals surface area contributed by atoms with Crippen LogP contribution in [0.2, 0.25) is 0 Å². The number of rotatable bonds is 6. The molecule has 7 heteroatoms. The molecule has 0 amide bonds. The second kappa shape index (κ2) is 17.7. The van der Waals surface area contributed by atoms with E-state index in [4.69, 9.17) is 13.8 Å². The van der Waals surface area contributed by atoms with Gasteiger partial charge in [-0.15, -0.1) is 54.1 Å². The Balaban J connectivity index is 0.000000273. The van der Waals surface area contributed by atoms with E-state index in [2.05, 4.69) is 161 Å². The van der Waals surface area contributed by atoms with E-state index in [9.17, 15) is 5.26 Å². The van der Waals surface area contributed by atoms with Crippen LogP contribution < -0.4 is 0 Å². The number of benzene rings is 7. The SMILES string of the molecule is CC(C)(C)c1ccnc(-c2[c-]cccc2)c1.CC(C)c1cc(-c2ccccc2)cc(C(C)C)c1-n1c(-c2[c-]ccc3c2oc2c3ccc3c4ccc(C#N)cc4oc32)nc2ccccc21.[Ir]. The van der Waals surface area contributed by atoms with Gasteiger partial charge in [-0.3, -0.25) is 4.98 Å². The summed E-state index contributed by atoms with van der Waals surface area (Å²) in [7, 11) is 0. The summed E-state index contributed by atoms with van der Waals surface area (Å²) < 4.78 is 15.5. The Morgan fingerprint density at radius 1 is 0.636 bits per heavy atom. The molecule has 11 aromatic rings. The topological polar surface area (TPSA) is 80.8 Å². The van der Waals surface area contributed by atoms with Gasteiger partial charge < -0.3 is 18.4 Å². The van der Waals surface area contributed by atoms with Crippen molar-refractivity contribution in [2.45, 2.75) is 65.7 Å². The van der Waals surface area contributed by atoms with Gasteiger partial charge in [-0.05, 0) is 105 Å². The monoisotopic (exact) mass is 1040 g/mol. The molecule has 0 aliphatic carbocycles. The summed E-state index contributed by atoms with van der Waals surface area (Å²) >= 11 is 0. The van der Waals surface area contributed by atoms with E-state index in [1.807, 2.05) is 60.8 Å². The van der Waals surface area contributed by atoms with Gasteiger partial charge in [-0.2, -0.15) is 5.26 Å². The summed E-state index contributed by atoms with van der Waals surface area (Å²) in [5, 5.41) is 13.3. The normalized spacial score (nSPS) is 11.7. The average molecular weight is 1040 g/mol. The summed E-state index contributed by atoms with van der Waals surface area (Å²) in [6.07, 6.45) is 1.87. The fraction of sp³-hybridized carbons (Fsp3) is 0.169.